The number of hydrogen-bond acceptors (Lipinski definition) is 2. The Morgan fingerprint density at radius 3 is 2.65 bits per heavy atom. The topological polar surface area (TPSA) is 29.5 Å². The van der Waals surface area contributed by atoms with Crippen LogP contribution in [-0.4, -0.2) is 17.8 Å². The van der Waals surface area contributed by atoms with Crippen LogP contribution in [0.3, 0.4) is 0 Å². The van der Waals surface area contributed by atoms with E-state index in [-0.39, 0.29) is 0 Å². The number of ether oxygens (including phenoxy) is 1. The molecule has 0 radical (unpaired) electrons. The van der Waals surface area contributed by atoms with Crippen molar-refractivity contribution in [2.75, 3.05) is 7.11 Å². The van der Waals surface area contributed by atoms with Gasteiger partial charge < -0.3 is 9.84 Å². The predicted molar refractivity (Wildman–Crippen MR) is 68.4 cm³/mol. The fraction of sp³-hybridized carbons (Fsp3) is 0.333. The van der Waals surface area contributed by atoms with Gasteiger partial charge >= 0.3 is 0 Å². The molecule has 0 atom stereocenters. The van der Waals surface area contributed by atoms with Crippen molar-refractivity contribution in [3.63, 3.8) is 0 Å². The lowest BCUT2D eigenvalue weighted by molar-refractivity contribution is 0.150. The fourth-order valence-corrected chi connectivity index (χ4v) is 2.34. The maximum atomic E-state index is 10.1. The molecule has 2 heteroatoms. The minimum atomic E-state index is -0.489. The smallest absolute Gasteiger partial charge is 0.122 e. The van der Waals surface area contributed by atoms with E-state index >= 15 is 0 Å². The molecule has 17 heavy (non-hydrogen) atoms. The summed E-state index contributed by atoms with van der Waals surface area (Å²) in [7, 11) is 1.69. The second-order valence-electron chi connectivity index (χ2n) is 4.87. The highest BCUT2D eigenvalue weighted by Crippen LogP contribution is 2.42. The Balaban J connectivity index is 2.16. The maximum absolute atomic E-state index is 10.1. The zero-order chi connectivity index (χ0) is 11.9. The summed E-state index contributed by atoms with van der Waals surface area (Å²) in [6.45, 7) is 0. The summed E-state index contributed by atoms with van der Waals surface area (Å²) in [5.74, 6) is 0.879. The quantitative estimate of drug-likeness (QED) is 0.875. The van der Waals surface area contributed by atoms with Crippen LogP contribution in [0.1, 0.15) is 18.4 Å². The summed E-state index contributed by atoms with van der Waals surface area (Å²) in [5.41, 5.74) is 0.641. The van der Waals surface area contributed by atoms with Gasteiger partial charge in [0.05, 0.1) is 12.7 Å². The van der Waals surface area contributed by atoms with Gasteiger partial charge in [-0.1, -0.05) is 30.3 Å². The van der Waals surface area contributed by atoms with Gasteiger partial charge in [0.1, 0.15) is 5.75 Å². The Bertz CT molecular complexity index is 556. The molecule has 1 N–H and O–H groups in total. The largest absolute Gasteiger partial charge is 0.496 e. The molecule has 0 aromatic heterocycles. The summed E-state index contributed by atoms with van der Waals surface area (Å²) in [6.07, 6.45) is 2.50. The van der Waals surface area contributed by atoms with E-state index < -0.39 is 5.60 Å². The minimum absolute atomic E-state index is 0.489. The Morgan fingerprint density at radius 2 is 1.94 bits per heavy atom. The molecule has 2 aromatic carbocycles. The van der Waals surface area contributed by atoms with Gasteiger partial charge in [-0.15, -0.1) is 0 Å². The van der Waals surface area contributed by atoms with E-state index in [9.17, 15) is 5.11 Å². The van der Waals surface area contributed by atoms with Gasteiger partial charge in [0.15, 0.2) is 0 Å². The van der Waals surface area contributed by atoms with Crippen LogP contribution in [-0.2, 0) is 6.42 Å². The van der Waals surface area contributed by atoms with Crippen LogP contribution < -0.4 is 4.74 Å². The van der Waals surface area contributed by atoms with Crippen LogP contribution in [0.5, 0.6) is 5.75 Å². The first-order valence-corrected chi connectivity index (χ1v) is 5.99. The van der Waals surface area contributed by atoms with E-state index in [0.717, 1.165) is 24.2 Å². The Hall–Kier alpha value is -1.54. The molecular formula is C15H16O2. The second kappa shape index (κ2) is 3.74. The molecule has 1 fully saturated rings. The second-order valence-corrected chi connectivity index (χ2v) is 4.87. The van der Waals surface area contributed by atoms with Crippen LogP contribution in [0, 0.1) is 0 Å². The van der Waals surface area contributed by atoms with Gasteiger partial charge in [-0.25, -0.2) is 0 Å². The molecule has 2 nitrogen and oxygen atoms in total. The summed E-state index contributed by atoms with van der Waals surface area (Å²) < 4.78 is 5.42. The summed E-state index contributed by atoms with van der Waals surface area (Å²) >= 11 is 0. The van der Waals surface area contributed by atoms with E-state index in [1.807, 2.05) is 18.2 Å². The maximum Gasteiger partial charge on any atom is 0.122 e. The molecule has 0 aliphatic heterocycles. The number of hydrogen-bond donors (Lipinski definition) is 1. The minimum Gasteiger partial charge on any atom is -0.496 e. The van der Waals surface area contributed by atoms with E-state index in [1.165, 1.54) is 10.8 Å². The normalized spacial score (nSPS) is 17.1. The molecule has 1 aliphatic carbocycles. The van der Waals surface area contributed by atoms with Gasteiger partial charge in [0, 0.05) is 12.0 Å². The molecule has 1 aliphatic rings. The van der Waals surface area contributed by atoms with Crippen molar-refractivity contribution in [2.45, 2.75) is 24.9 Å². The highest BCUT2D eigenvalue weighted by Gasteiger charge is 2.41. The zero-order valence-electron chi connectivity index (χ0n) is 9.94. The Morgan fingerprint density at radius 1 is 1.18 bits per heavy atom. The third kappa shape index (κ3) is 1.89. The highest BCUT2D eigenvalue weighted by molar-refractivity contribution is 5.88. The van der Waals surface area contributed by atoms with Crippen LogP contribution in [0.2, 0.25) is 0 Å². The first-order valence-electron chi connectivity index (χ1n) is 5.99. The van der Waals surface area contributed by atoms with E-state index in [4.69, 9.17) is 4.74 Å². The number of aliphatic hydroxyl groups is 1. The summed E-state index contributed by atoms with van der Waals surface area (Å²) in [4.78, 5) is 0. The molecular weight excluding hydrogens is 212 g/mol. The number of fused-ring (bicyclic) bond motifs is 1. The monoisotopic (exact) mass is 228 g/mol. The molecule has 3 rings (SSSR count). The van der Waals surface area contributed by atoms with Crippen molar-refractivity contribution in [1.29, 1.82) is 0 Å². The highest BCUT2D eigenvalue weighted by atomic mass is 16.5. The molecule has 0 saturated heterocycles. The molecule has 0 bridgehead atoms. The third-order valence-electron chi connectivity index (χ3n) is 3.55. The first kappa shape index (κ1) is 10.6. The standard InChI is InChI=1S/C15H16O2/c1-17-14-7-6-11-4-2-3-5-12(11)13(14)10-15(16)8-9-15/h2-7,16H,8-10H2,1H3. The van der Waals surface area contributed by atoms with E-state index in [2.05, 4.69) is 18.2 Å². The van der Waals surface area contributed by atoms with E-state index in [0.29, 0.717) is 6.42 Å². The lowest BCUT2D eigenvalue weighted by atomic mass is 9.98. The molecule has 0 spiro atoms. The SMILES string of the molecule is COc1ccc2ccccc2c1CC1(O)CC1. The number of methoxy groups -OCH3 is 1. The van der Waals surface area contributed by atoms with Crippen molar-refractivity contribution < 1.29 is 9.84 Å². The average molecular weight is 228 g/mol. The molecule has 2 aromatic rings. The number of rotatable bonds is 3. The average Bonchev–Trinajstić information content (AvgIpc) is 3.08. The number of benzene rings is 2. The van der Waals surface area contributed by atoms with Crippen molar-refractivity contribution >= 4 is 10.8 Å². The lowest BCUT2D eigenvalue weighted by Gasteiger charge is -2.14. The Labute approximate surface area is 101 Å². The lowest BCUT2D eigenvalue weighted by Crippen LogP contribution is -2.12. The van der Waals surface area contributed by atoms with Crippen LogP contribution in [0.15, 0.2) is 36.4 Å². The summed E-state index contributed by atoms with van der Waals surface area (Å²) in [5, 5.41) is 12.5. The van der Waals surface area contributed by atoms with Crippen molar-refractivity contribution in [2.24, 2.45) is 0 Å². The first-order chi connectivity index (χ1) is 8.22. The third-order valence-corrected chi connectivity index (χ3v) is 3.55. The van der Waals surface area contributed by atoms with Gasteiger partial charge in [0.2, 0.25) is 0 Å². The summed E-state index contributed by atoms with van der Waals surface area (Å²) in [6, 6.07) is 12.3. The van der Waals surface area contributed by atoms with Gasteiger partial charge in [0.25, 0.3) is 0 Å². The molecule has 0 unspecified atom stereocenters. The van der Waals surface area contributed by atoms with Gasteiger partial charge in [-0.3, -0.25) is 0 Å². The zero-order valence-corrected chi connectivity index (χ0v) is 9.94. The van der Waals surface area contributed by atoms with Crippen LogP contribution >= 0.6 is 0 Å². The van der Waals surface area contributed by atoms with Crippen molar-refractivity contribution in [1.82, 2.24) is 0 Å². The molecule has 88 valence electrons. The molecule has 0 heterocycles. The van der Waals surface area contributed by atoms with Gasteiger partial charge in [-0.2, -0.15) is 0 Å². The predicted octanol–water partition coefficient (Wildman–Crippen LogP) is 2.92. The molecule has 1 saturated carbocycles. The fourth-order valence-electron chi connectivity index (χ4n) is 2.34. The van der Waals surface area contributed by atoms with Crippen LogP contribution in [0.4, 0.5) is 0 Å². The Kier molecular flexibility index (Phi) is 2.33. The van der Waals surface area contributed by atoms with Gasteiger partial charge in [-0.05, 0) is 29.7 Å². The van der Waals surface area contributed by atoms with Crippen molar-refractivity contribution in [3.8, 4) is 5.75 Å². The molecule has 0 amide bonds. The van der Waals surface area contributed by atoms with Crippen molar-refractivity contribution in [3.05, 3.63) is 42.0 Å². The van der Waals surface area contributed by atoms with E-state index in [1.54, 1.807) is 7.11 Å². The van der Waals surface area contributed by atoms with Crippen LogP contribution in [0.25, 0.3) is 10.8 Å².